The van der Waals surface area contributed by atoms with Crippen LogP contribution in [0.25, 0.3) is 0 Å². The molecule has 0 aliphatic heterocycles. The molecule has 0 saturated carbocycles. The Kier molecular flexibility index (Phi) is 8.46. The van der Waals surface area contributed by atoms with E-state index < -0.39 is 8.32 Å². The Morgan fingerprint density at radius 3 is 1.68 bits per heavy atom. The molecule has 0 aromatic rings. The molecule has 0 aromatic carbocycles. The fraction of sp³-hybridized carbons (Fsp3) is 0.875. The predicted molar refractivity (Wildman–Crippen MR) is 98.6 cm³/mol. The summed E-state index contributed by atoms with van der Waals surface area (Å²) in [6, 6.07) is 0. The van der Waals surface area contributed by atoms with Crippen molar-refractivity contribution in [3.8, 4) is 0 Å². The summed E-state index contributed by atoms with van der Waals surface area (Å²) in [6.45, 7) is 18.5. The SMILES string of the molecule is CCC=CC(I)(CC)O[Si](C(C)C)(C(C)C)C(C)C. The minimum Gasteiger partial charge on any atom is -0.399 e. The first kappa shape index (κ1) is 19.6. The summed E-state index contributed by atoms with van der Waals surface area (Å²) in [5.41, 5.74) is 1.93. The fourth-order valence-electron chi connectivity index (χ4n) is 3.17. The van der Waals surface area contributed by atoms with Crippen LogP contribution in [-0.2, 0) is 4.43 Å². The van der Waals surface area contributed by atoms with E-state index in [1.807, 2.05) is 0 Å². The van der Waals surface area contributed by atoms with Crippen LogP contribution in [0.5, 0.6) is 0 Å². The number of hydrogen-bond acceptors (Lipinski definition) is 1. The van der Waals surface area contributed by atoms with E-state index in [4.69, 9.17) is 4.43 Å². The average Bonchev–Trinajstić information content (AvgIpc) is 2.32. The summed E-state index contributed by atoms with van der Waals surface area (Å²) < 4.78 is 6.77. The van der Waals surface area contributed by atoms with E-state index in [1.165, 1.54) is 0 Å². The zero-order valence-electron chi connectivity index (χ0n) is 14.1. The van der Waals surface area contributed by atoms with Crippen LogP contribution >= 0.6 is 22.6 Å². The molecule has 0 amide bonds. The Morgan fingerprint density at radius 2 is 1.42 bits per heavy atom. The second kappa shape index (κ2) is 8.18. The van der Waals surface area contributed by atoms with E-state index in [0.717, 1.165) is 12.8 Å². The van der Waals surface area contributed by atoms with Crippen LogP contribution in [0.1, 0.15) is 68.2 Å². The van der Waals surface area contributed by atoms with Crippen LogP contribution in [0.3, 0.4) is 0 Å². The lowest BCUT2D eigenvalue weighted by molar-refractivity contribution is 0.196. The van der Waals surface area contributed by atoms with E-state index >= 15 is 0 Å². The molecule has 114 valence electrons. The quantitative estimate of drug-likeness (QED) is 0.192. The third-order valence-electron chi connectivity index (χ3n) is 4.14. The second-order valence-corrected chi connectivity index (χ2v) is 13.6. The Labute approximate surface area is 135 Å². The monoisotopic (exact) mass is 396 g/mol. The number of rotatable bonds is 8. The highest BCUT2D eigenvalue weighted by Gasteiger charge is 2.48. The largest absolute Gasteiger partial charge is 0.399 e. The van der Waals surface area contributed by atoms with Crippen molar-refractivity contribution in [1.82, 2.24) is 0 Å². The first-order valence-electron chi connectivity index (χ1n) is 7.73. The van der Waals surface area contributed by atoms with Crippen LogP contribution in [0.2, 0.25) is 16.6 Å². The molecule has 0 rings (SSSR count). The van der Waals surface area contributed by atoms with Gasteiger partial charge in [-0.05, 0) is 58.1 Å². The standard InChI is InChI=1S/C16H33IOSi/c1-9-11-12-16(17,10-2)18-19(13(3)4,14(5)6)15(7)8/h11-15H,9-10H2,1-8H3. The highest BCUT2D eigenvalue weighted by atomic mass is 127. The van der Waals surface area contributed by atoms with Crippen LogP contribution in [0, 0.1) is 0 Å². The first-order valence-corrected chi connectivity index (χ1v) is 10.9. The van der Waals surface area contributed by atoms with Gasteiger partial charge in [0.1, 0.15) is 3.61 Å². The summed E-state index contributed by atoms with van der Waals surface area (Å²) in [7, 11) is -1.79. The van der Waals surface area contributed by atoms with Crippen molar-refractivity contribution < 1.29 is 4.43 Å². The predicted octanol–water partition coefficient (Wildman–Crippen LogP) is 6.69. The molecule has 0 N–H and O–H groups in total. The molecule has 0 radical (unpaired) electrons. The number of hydrogen-bond donors (Lipinski definition) is 0. The molecule has 0 heterocycles. The van der Waals surface area contributed by atoms with E-state index in [1.54, 1.807) is 0 Å². The van der Waals surface area contributed by atoms with Gasteiger partial charge in [0.2, 0.25) is 8.32 Å². The second-order valence-electron chi connectivity index (χ2n) is 6.37. The van der Waals surface area contributed by atoms with Crippen molar-refractivity contribution in [3.05, 3.63) is 12.2 Å². The highest BCUT2D eigenvalue weighted by Crippen LogP contribution is 2.47. The van der Waals surface area contributed by atoms with Crippen molar-refractivity contribution >= 4 is 30.9 Å². The van der Waals surface area contributed by atoms with Gasteiger partial charge in [-0.15, -0.1) is 0 Å². The topological polar surface area (TPSA) is 9.23 Å². The lowest BCUT2D eigenvalue weighted by Crippen LogP contribution is -2.52. The molecule has 0 fully saturated rings. The first-order chi connectivity index (χ1) is 8.66. The van der Waals surface area contributed by atoms with Gasteiger partial charge in [0.25, 0.3) is 0 Å². The summed E-state index contributed by atoms with van der Waals surface area (Å²) >= 11 is 2.51. The Balaban J connectivity index is 5.47. The molecular formula is C16H33IOSi. The third kappa shape index (κ3) is 4.85. The molecule has 0 bridgehead atoms. The highest BCUT2D eigenvalue weighted by molar-refractivity contribution is 14.1. The van der Waals surface area contributed by atoms with E-state index in [9.17, 15) is 0 Å². The van der Waals surface area contributed by atoms with Gasteiger partial charge in [0.15, 0.2) is 0 Å². The maximum atomic E-state index is 6.90. The lowest BCUT2D eigenvalue weighted by atomic mass is 10.2. The molecule has 0 aliphatic carbocycles. The molecule has 0 aliphatic rings. The maximum absolute atomic E-state index is 6.90. The molecule has 0 saturated heterocycles. The third-order valence-corrected chi connectivity index (χ3v) is 12.0. The fourth-order valence-corrected chi connectivity index (χ4v) is 10.1. The van der Waals surface area contributed by atoms with Crippen LogP contribution < -0.4 is 0 Å². The smallest absolute Gasteiger partial charge is 0.202 e. The van der Waals surface area contributed by atoms with Gasteiger partial charge in [-0.25, -0.2) is 0 Å². The Morgan fingerprint density at radius 1 is 1.00 bits per heavy atom. The number of allylic oxidation sites excluding steroid dienone is 1. The maximum Gasteiger partial charge on any atom is 0.202 e. The van der Waals surface area contributed by atoms with Gasteiger partial charge in [-0.3, -0.25) is 0 Å². The minimum absolute atomic E-state index is 0.126. The zero-order chi connectivity index (χ0) is 15.3. The van der Waals surface area contributed by atoms with Gasteiger partial charge in [-0.1, -0.05) is 61.5 Å². The number of alkyl halides is 1. The van der Waals surface area contributed by atoms with Crippen molar-refractivity contribution in [2.75, 3.05) is 0 Å². The van der Waals surface area contributed by atoms with Gasteiger partial charge in [0.05, 0.1) is 0 Å². The van der Waals surface area contributed by atoms with Crippen LogP contribution in [0.4, 0.5) is 0 Å². The zero-order valence-corrected chi connectivity index (χ0v) is 17.2. The minimum atomic E-state index is -1.79. The summed E-state index contributed by atoms with van der Waals surface area (Å²) in [4.78, 5) is 0. The van der Waals surface area contributed by atoms with Crippen molar-refractivity contribution in [1.29, 1.82) is 0 Å². The molecule has 3 heteroatoms. The van der Waals surface area contributed by atoms with E-state index in [-0.39, 0.29) is 3.61 Å². The van der Waals surface area contributed by atoms with Gasteiger partial charge in [0, 0.05) is 0 Å². The van der Waals surface area contributed by atoms with E-state index in [2.05, 4.69) is 90.1 Å². The van der Waals surface area contributed by atoms with E-state index in [0.29, 0.717) is 16.6 Å². The van der Waals surface area contributed by atoms with Gasteiger partial charge < -0.3 is 4.43 Å². The molecular weight excluding hydrogens is 363 g/mol. The molecule has 0 spiro atoms. The Hall–Kier alpha value is 0.647. The summed E-state index contributed by atoms with van der Waals surface area (Å²) in [6.07, 6.45) is 6.64. The average molecular weight is 396 g/mol. The van der Waals surface area contributed by atoms with Crippen molar-refractivity contribution in [2.24, 2.45) is 0 Å². The Bertz CT molecular complexity index is 265. The van der Waals surface area contributed by atoms with Gasteiger partial charge >= 0.3 is 0 Å². The normalized spacial score (nSPS) is 16.8. The van der Waals surface area contributed by atoms with Crippen LogP contribution in [0.15, 0.2) is 12.2 Å². The summed E-state index contributed by atoms with van der Waals surface area (Å²) in [5, 5.41) is 0. The lowest BCUT2D eigenvalue weighted by Gasteiger charge is -2.46. The van der Waals surface area contributed by atoms with Crippen molar-refractivity contribution in [2.45, 2.75) is 88.5 Å². The van der Waals surface area contributed by atoms with Gasteiger partial charge in [-0.2, -0.15) is 0 Å². The van der Waals surface area contributed by atoms with Crippen molar-refractivity contribution in [3.63, 3.8) is 0 Å². The molecule has 19 heavy (non-hydrogen) atoms. The molecule has 1 atom stereocenters. The molecule has 0 aromatic heterocycles. The summed E-state index contributed by atoms with van der Waals surface area (Å²) in [5.74, 6) is 0. The molecule has 1 unspecified atom stereocenters. The van der Waals surface area contributed by atoms with Crippen LogP contribution in [-0.4, -0.2) is 11.9 Å². The molecule has 1 nitrogen and oxygen atoms in total. The number of halogens is 1.